The second-order valence-corrected chi connectivity index (χ2v) is 7.89. The molecule has 0 spiro atoms. The number of Topliss-reactive ketones (excluding diaryl/α,β-unsaturated/α-hetero) is 1. The van der Waals surface area contributed by atoms with Crippen LogP contribution >= 0.6 is 11.3 Å². The van der Waals surface area contributed by atoms with Crippen molar-refractivity contribution in [2.75, 3.05) is 5.32 Å². The third kappa shape index (κ3) is 5.96. The van der Waals surface area contributed by atoms with Gasteiger partial charge >= 0.3 is 5.97 Å². The first-order chi connectivity index (χ1) is 13.9. The standard InChI is InChI=1S/C22H22N2O4S/c1-14(25)7-12-21(26)28-15(2)22(27)23-17-10-8-16(9-11-17)13-20-24-18-5-3-4-6-19(18)29-20/h3-6,8-11,15H,7,12-13H2,1-2H3,(H,23,27)/t15-/m0/s1. The van der Waals surface area contributed by atoms with Crippen molar-refractivity contribution in [3.63, 3.8) is 0 Å². The Labute approximate surface area is 172 Å². The van der Waals surface area contributed by atoms with E-state index in [2.05, 4.69) is 16.4 Å². The van der Waals surface area contributed by atoms with Gasteiger partial charge in [0.2, 0.25) is 0 Å². The highest BCUT2D eigenvalue weighted by Gasteiger charge is 2.18. The number of thiazole rings is 1. The van der Waals surface area contributed by atoms with Gasteiger partial charge in [-0.3, -0.25) is 9.59 Å². The van der Waals surface area contributed by atoms with E-state index in [9.17, 15) is 14.4 Å². The molecule has 0 radical (unpaired) electrons. The minimum Gasteiger partial charge on any atom is -0.453 e. The van der Waals surface area contributed by atoms with E-state index in [-0.39, 0.29) is 18.6 Å². The zero-order chi connectivity index (χ0) is 20.8. The van der Waals surface area contributed by atoms with Gasteiger partial charge in [0.25, 0.3) is 5.91 Å². The minimum absolute atomic E-state index is 0.0204. The summed E-state index contributed by atoms with van der Waals surface area (Å²) in [7, 11) is 0. The molecule has 0 saturated carbocycles. The number of esters is 1. The zero-order valence-corrected chi connectivity index (χ0v) is 17.1. The average Bonchev–Trinajstić information content (AvgIpc) is 3.10. The smallest absolute Gasteiger partial charge is 0.307 e. The number of hydrogen-bond donors (Lipinski definition) is 1. The Hall–Kier alpha value is -3.06. The second kappa shape index (κ2) is 9.43. The van der Waals surface area contributed by atoms with E-state index < -0.39 is 18.0 Å². The van der Waals surface area contributed by atoms with Crippen LogP contribution in [-0.2, 0) is 25.5 Å². The van der Waals surface area contributed by atoms with Crippen LogP contribution in [0.1, 0.15) is 37.3 Å². The molecular formula is C22H22N2O4S. The highest BCUT2D eigenvalue weighted by atomic mass is 32.1. The Morgan fingerprint density at radius 1 is 1.07 bits per heavy atom. The molecular weight excluding hydrogens is 388 g/mol. The van der Waals surface area contributed by atoms with Crippen molar-refractivity contribution in [2.45, 2.75) is 39.2 Å². The lowest BCUT2D eigenvalue weighted by atomic mass is 10.1. The Kier molecular flexibility index (Phi) is 6.72. The number of carbonyl (C=O) groups excluding carboxylic acids is 3. The number of benzene rings is 2. The van der Waals surface area contributed by atoms with Gasteiger partial charge in [0.1, 0.15) is 5.78 Å². The molecule has 1 amide bonds. The summed E-state index contributed by atoms with van der Waals surface area (Å²) in [5, 5.41) is 3.76. The van der Waals surface area contributed by atoms with Crippen LogP contribution < -0.4 is 5.32 Å². The van der Waals surface area contributed by atoms with E-state index in [4.69, 9.17) is 4.74 Å². The van der Waals surface area contributed by atoms with Gasteiger partial charge in [0.15, 0.2) is 6.10 Å². The van der Waals surface area contributed by atoms with Gasteiger partial charge in [-0.1, -0.05) is 24.3 Å². The number of ketones is 1. The number of rotatable bonds is 8. The number of para-hydroxylation sites is 1. The number of carbonyl (C=O) groups is 3. The van der Waals surface area contributed by atoms with E-state index in [1.807, 2.05) is 42.5 Å². The first-order valence-corrected chi connectivity index (χ1v) is 10.2. The number of hydrogen-bond acceptors (Lipinski definition) is 6. The number of aromatic nitrogens is 1. The van der Waals surface area contributed by atoms with Crippen LogP contribution in [0, 0.1) is 0 Å². The Bertz CT molecular complexity index is 994. The molecule has 2 aromatic carbocycles. The maximum absolute atomic E-state index is 12.2. The van der Waals surface area contributed by atoms with Crippen molar-refractivity contribution in [1.29, 1.82) is 0 Å². The van der Waals surface area contributed by atoms with Gasteiger partial charge in [0, 0.05) is 18.5 Å². The maximum atomic E-state index is 12.2. The van der Waals surface area contributed by atoms with Crippen molar-refractivity contribution in [2.24, 2.45) is 0 Å². The molecule has 0 aliphatic carbocycles. The van der Waals surface area contributed by atoms with E-state index in [1.54, 1.807) is 11.3 Å². The third-order valence-electron chi connectivity index (χ3n) is 4.27. The largest absolute Gasteiger partial charge is 0.453 e. The van der Waals surface area contributed by atoms with Crippen molar-refractivity contribution in [3.8, 4) is 0 Å². The van der Waals surface area contributed by atoms with E-state index >= 15 is 0 Å². The van der Waals surface area contributed by atoms with E-state index in [1.165, 1.54) is 18.5 Å². The van der Waals surface area contributed by atoms with Gasteiger partial charge < -0.3 is 14.8 Å². The summed E-state index contributed by atoms with van der Waals surface area (Å²) in [5.74, 6) is -1.07. The van der Waals surface area contributed by atoms with Crippen LogP contribution in [0.3, 0.4) is 0 Å². The van der Waals surface area contributed by atoms with Crippen LogP contribution in [0.4, 0.5) is 5.69 Å². The molecule has 0 unspecified atom stereocenters. The van der Waals surface area contributed by atoms with Crippen LogP contribution in [0.5, 0.6) is 0 Å². The Morgan fingerprint density at radius 3 is 2.48 bits per heavy atom. The molecule has 6 nitrogen and oxygen atoms in total. The SMILES string of the molecule is CC(=O)CCC(=O)O[C@@H](C)C(=O)Nc1ccc(Cc2nc3ccccc3s2)cc1. The number of nitrogens with zero attached hydrogens (tertiary/aromatic N) is 1. The lowest BCUT2D eigenvalue weighted by molar-refractivity contribution is -0.153. The highest BCUT2D eigenvalue weighted by Crippen LogP contribution is 2.24. The van der Waals surface area contributed by atoms with Gasteiger partial charge in [-0.05, 0) is 43.7 Å². The molecule has 0 aliphatic heterocycles. The number of anilines is 1. The normalized spacial score (nSPS) is 11.8. The monoisotopic (exact) mass is 410 g/mol. The van der Waals surface area contributed by atoms with Crippen LogP contribution in [0.25, 0.3) is 10.2 Å². The molecule has 3 rings (SSSR count). The highest BCUT2D eigenvalue weighted by molar-refractivity contribution is 7.18. The lowest BCUT2D eigenvalue weighted by Crippen LogP contribution is -2.30. The predicted molar refractivity (Wildman–Crippen MR) is 113 cm³/mol. The molecule has 1 aromatic heterocycles. The minimum atomic E-state index is -0.933. The van der Waals surface area contributed by atoms with Gasteiger partial charge in [-0.15, -0.1) is 11.3 Å². The summed E-state index contributed by atoms with van der Waals surface area (Å²) in [4.78, 5) is 39.4. The summed E-state index contributed by atoms with van der Waals surface area (Å²) in [6, 6.07) is 15.5. The predicted octanol–water partition coefficient (Wildman–Crippen LogP) is 4.13. The van der Waals surface area contributed by atoms with Crippen molar-refractivity contribution in [3.05, 3.63) is 59.1 Å². The number of nitrogens with one attached hydrogen (secondary N) is 1. The molecule has 1 heterocycles. The van der Waals surface area contributed by atoms with Gasteiger partial charge in [-0.2, -0.15) is 0 Å². The summed E-state index contributed by atoms with van der Waals surface area (Å²) in [5.41, 5.74) is 2.71. The van der Waals surface area contributed by atoms with E-state index in [0.717, 1.165) is 22.5 Å². The summed E-state index contributed by atoms with van der Waals surface area (Å²) in [6.45, 7) is 2.91. The van der Waals surface area contributed by atoms with Crippen LogP contribution in [0.15, 0.2) is 48.5 Å². The molecule has 0 aliphatic rings. The summed E-state index contributed by atoms with van der Waals surface area (Å²) >= 11 is 1.67. The summed E-state index contributed by atoms with van der Waals surface area (Å²) in [6.07, 6.45) is -0.120. The number of ether oxygens (including phenoxy) is 1. The quantitative estimate of drug-likeness (QED) is 0.565. The molecule has 29 heavy (non-hydrogen) atoms. The fraction of sp³-hybridized carbons (Fsp3) is 0.273. The first kappa shape index (κ1) is 20.7. The number of fused-ring (bicyclic) bond motifs is 1. The topological polar surface area (TPSA) is 85.4 Å². The Balaban J connectivity index is 1.53. The molecule has 0 fully saturated rings. The fourth-order valence-corrected chi connectivity index (χ4v) is 3.71. The zero-order valence-electron chi connectivity index (χ0n) is 16.3. The first-order valence-electron chi connectivity index (χ1n) is 9.34. The third-order valence-corrected chi connectivity index (χ3v) is 5.31. The average molecular weight is 410 g/mol. The lowest BCUT2D eigenvalue weighted by Gasteiger charge is -2.13. The Morgan fingerprint density at radius 2 is 1.79 bits per heavy atom. The van der Waals surface area contributed by atoms with E-state index in [0.29, 0.717) is 5.69 Å². The molecule has 0 saturated heterocycles. The van der Waals surface area contributed by atoms with Gasteiger partial charge in [0.05, 0.1) is 21.6 Å². The van der Waals surface area contributed by atoms with Crippen molar-refractivity contribution in [1.82, 2.24) is 4.98 Å². The molecule has 0 bridgehead atoms. The van der Waals surface area contributed by atoms with Crippen LogP contribution in [-0.4, -0.2) is 28.7 Å². The van der Waals surface area contributed by atoms with Crippen molar-refractivity contribution >= 4 is 44.9 Å². The van der Waals surface area contributed by atoms with Gasteiger partial charge in [-0.25, -0.2) is 4.98 Å². The molecule has 7 heteroatoms. The second-order valence-electron chi connectivity index (χ2n) is 6.77. The fourth-order valence-electron chi connectivity index (χ4n) is 2.71. The van der Waals surface area contributed by atoms with Crippen LogP contribution in [0.2, 0.25) is 0 Å². The number of amides is 1. The van der Waals surface area contributed by atoms with Crippen molar-refractivity contribution < 1.29 is 19.1 Å². The maximum Gasteiger partial charge on any atom is 0.307 e. The summed E-state index contributed by atoms with van der Waals surface area (Å²) < 4.78 is 6.22. The molecule has 150 valence electrons. The molecule has 1 N–H and O–H groups in total. The molecule has 1 atom stereocenters. The molecule has 3 aromatic rings.